The minimum absolute atomic E-state index is 0.0769. The second-order valence-electron chi connectivity index (χ2n) is 6.05. The lowest BCUT2D eigenvalue weighted by atomic mass is 10.1. The number of anilines is 2. The Balaban J connectivity index is 1.59. The van der Waals surface area contributed by atoms with Crippen molar-refractivity contribution >= 4 is 28.3 Å². The lowest BCUT2D eigenvalue weighted by Gasteiger charge is -2.41. The Hall–Kier alpha value is -2.06. The van der Waals surface area contributed by atoms with Crippen LogP contribution in [0.25, 0.3) is 0 Å². The molecule has 1 aliphatic heterocycles. The monoisotopic (exact) mass is 346 g/mol. The van der Waals surface area contributed by atoms with E-state index in [1.54, 1.807) is 29.8 Å². The van der Waals surface area contributed by atoms with Gasteiger partial charge in [0, 0.05) is 43.4 Å². The van der Waals surface area contributed by atoms with Crippen molar-refractivity contribution in [2.24, 2.45) is 0 Å². The molecule has 2 aromatic heterocycles. The molecule has 0 bridgehead atoms. The van der Waals surface area contributed by atoms with Crippen molar-refractivity contribution < 1.29 is 4.79 Å². The largest absolute Gasteiger partial charge is 0.343 e. The standard InChI is InChI=1S/C16H22N6OS/c1-11-10-24-16(19-11)22-8-7-21(9-12(22)2)13(3)14(23)20-15-17-5-4-6-18-15/h4-6,10,12-13H,7-9H2,1-3H3,(H,17,18,20,23)/t12-,13-/m1/s1. The van der Waals surface area contributed by atoms with Crippen molar-refractivity contribution in [3.8, 4) is 0 Å². The fourth-order valence-corrected chi connectivity index (χ4v) is 3.77. The maximum absolute atomic E-state index is 12.4. The van der Waals surface area contributed by atoms with E-state index in [1.165, 1.54) is 0 Å². The molecule has 24 heavy (non-hydrogen) atoms. The minimum Gasteiger partial charge on any atom is -0.343 e. The van der Waals surface area contributed by atoms with Gasteiger partial charge in [0.25, 0.3) is 0 Å². The second-order valence-corrected chi connectivity index (χ2v) is 6.88. The Morgan fingerprint density at radius 1 is 1.38 bits per heavy atom. The molecule has 1 fully saturated rings. The highest BCUT2D eigenvalue weighted by atomic mass is 32.1. The topological polar surface area (TPSA) is 74.2 Å². The SMILES string of the molecule is Cc1csc(N2CCN([C@H](C)C(=O)Nc3ncccn3)C[C@H]2C)n1. The summed E-state index contributed by atoms with van der Waals surface area (Å²) in [6.07, 6.45) is 3.23. The molecule has 1 aliphatic rings. The van der Waals surface area contributed by atoms with Gasteiger partial charge < -0.3 is 4.90 Å². The number of hydrogen-bond donors (Lipinski definition) is 1. The van der Waals surface area contributed by atoms with E-state index in [0.717, 1.165) is 30.5 Å². The van der Waals surface area contributed by atoms with Gasteiger partial charge >= 0.3 is 0 Å². The Bertz CT molecular complexity index is 691. The quantitative estimate of drug-likeness (QED) is 0.910. The maximum atomic E-state index is 12.4. The van der Waals surface area contributed by atoms with Crippen LogP contribution in [0.2, 0.25) is 0 Å². The van der Waals surface area contributed by atoms with Gasteiger partial charge in [-0.2, -0.15) is 0 Å². The molecule has 2 aromatic rings. The van der Waals surface area contributed by atoms with Crippen molar-refractivity contribution in [2.45, 2.75) is 32.9 Å². The molecular formula is C16H22N6OS. The van der Waals surface area contributed by atoms with Crippen molar-refractivity contribution in [3.05, 3.63) is 29.5 Å². The Morgan fingerprint density at radius 3 is 2.75 bits per heavy atom. The van der Waals surface area contributed by atoms with Crippen LogP contribution in [0.15, 0.2) is 23.8 Å². The molecule has 2 atom stereocenters. The van der Waals surface area contributed by atoms with Gasteiger partial charge in [0.2, 0.25) is 11.9 Å². The van der Waals surface area contributed by atoms with Crippen LogP contribution in [0.3, 0.4) is 0 Å². The van der Waals surface area contributed by atoms with Crippen molar-refractivity contribution in [1.82, 2.24) is 19.9 Å². The van der Waals surface area contributed by atoms with Gasteiger partial charge in [-0.05, 0) is 26.8 Å². The van der Waals surface area contributed by atoms with E-state index in [9.17, 15) is 4.79 Å². The number of aromatic nitrogens is 3. The zero-order chi connectivity index (χ0) is 17.1. The van der Waals surface area contributed by atoms with E-state index >= 15 is 0 Å². The molecule has 3 heterocycles. The smallest absolute Gasteiger partial charge is 0.243 e. The van der Waals surface area contributed by atoms with Crippen LogP contribution in [-0.2, 0) is 4.79 Å². The zero-order valence-electron chi connectivity index (χ0n) is 14.1. The molecule has 0 aromatic carbocycles. The molecule has 0 aliphatic carbocycles. The number of hydrogen-bond acceptors (Lipinski definition) is 7. The summed E-state index contributed by atoms with van der Waals surface area (Å²) in [4.78, 5) is 29.6. The third-order valence-corrected chi connectivity index (χ3v) is 5.24. The lowest BCUT2D eigenvalue weighted by molar-refractivity contribution is -0.121. The molecular weight excluding hydrogens is 324 g/mol. The third-order valence-electron chi connectivity index (χ3n) is 4.24. The van der Waals surface area contributed by atoms with Crippen LogP contribution in [0.5, 0.6) is 0 Å². The predicted molar refractivity (Wildman–Crippen MR) is 95.4 cm³/mol. The summed E-state index contributed by atoms with van der Waals surface area (Å²) in [7, 11) is 0. The highest BCUT2D eigenvalue weighted by Crippen LogP contribution is 2.25. The maximum Gasteiger partial charge on any atom is 0.243 e. The van der Waals surface area contributed by atoms with Gasteiger partial charge in [0.1, 0.15) is 0 Å². The summed E-state index contributed by atoms with van der Waals surface area (Å²) in [5.41, 5.74) is 1.06. The number of rotatable bonds is 4. The highest BCUT2D eigenvalue weighted by molar-refractivity contribution is 7.13. The van der Waals surface area contributed by atoms with E-state index in [1.807, 2.05) is 13.8 Å². The molecule has 0 unspecified atom stereocenters. The number of thiazole rings is 1. The molecule has 1 amide bonds. The van der Waals surface area contributed by atoms with Gasteiger partial charge in [0.15, 0.2) is 5.13 Å². The first-order chi connectivity index (χ1) is 11.5. The normalized spacial score (nSPS) is 20.0. The van der Waals surface area contributed by atoms with Gasteiger partial charge in [-0.1, -0.05) is 0 Å². The van der Waals surface area contributed by atoms with E-state index in [-0.39, 0.29) is 11.9 Å². The molecule has 0 radical (unpaired) electrons. The number of carbonyl (C=O) groups is 1. The number of amides is 1. The first kappa shape index (κ1) is 16.8. The number of aryl methyl sites for hydroxylation is 1. The molecule has 0 spiro atoms. The van der Waals surface area contributed by atoms with Crippen LogP contribution in [-0.4, -0.2) is 57.5 Å². The van der Waals surface area contributed by atoms with Crippen molar-refractivity contribution in [3.63, 3.8) is 0 Å². The second kappa shape index (κ2) is 7.23. The van der Waals surface area contributed by atoms with Gasteiger partial charge in [-0.15, -0.1) is 11.3 Å². The Labute approximate surface area is 145 Å². The van der Waals surface area contributed by atoms with Gasteiger partial charge in [-0.25, -0.2) is 15.0 Å². The van der Waals surface area contributed by atoms with E-state index in [0.29, 0.717) is 12.0 Å². The van der Waals surface area contributed by atoms with Crippen LogP contribution in [0.4, 0.5) is 11.1 Å². The third kappa shape index (κ3) is 3.70. The van der Waals surface area contributed by atoms with Gasteiger partial charge in [0.05, 0.1) is 11.7 Å². The molecule has 7 nitrogen and oxygen atoms in total. The summed E-state index contributed by atoms with van der Waals surface area (Å²) in [5.74, 6) is 0.270. The highest BCUT2D eigenvalue weighted by Gasteiger charge is 2.30. The van der Waals surface area contributed by atoms with Crippen LogP contribution < -0.4 is 10.2 Å². The average molecular weight is 346 g/mol. The predicted octanol–water partition coefficient (Wildman–Crippen LogP) is 1.78. The average Bonchev–Trinajstić information content (AvgIpc) is 3.01. The summed E-state index contributed by atoms with van der Waals surface area (Å²) in [6.45, 7) is 8.63. The summed E-state index contributed by atoms with van der Waals surface area (Å²) in [5, 5.41) is 5.91. The van der Waals surface area contributed by atoms with Gasteiger partial charge in [-0.3, -0.25) is 15.0 Å². The van der Waals surface area contributed by atoms with Crippen LogP contribution in [0, 0.1) is 6.92 Å². The molecule has 3 rings (SSSR count). The van der Waals surface area contributed by atoms with E-state index in [4.69, 9.17) is 0 Å². The Morgan fingerprint density at radius 2 is 2.12 bits per heavy atom. The molecule has 8 heteroatoms. The summed E-state index contributed by atoms with van der Waals surface area (Å²) >= 11 is 1.68. The first-order valence-electron chi connectivity index (χ1n) is 8.05. The summed E-state index contributed by atoms with van der Waals surface area (Å²) in [6, 6.07) is 1.81. The number of carbonyl (C=O) groups excluding carboxylic acids is 1. The molecule has 1 saturated heterocycles. The molecule has 128 valence electrons. The zero-order valence-corrected chi connectivity index (χ0v) is 15.0. The lowest BCUT2D eigenvalue weighted by Crippen LogP contribution is -2.56. The molecule has 0 saturated carbocycles. The van der Waals surface area contributed by atoms with E-state index in [2.05, 4.69) is 42.4 Å². The first-order valence-corrected chi connectivity index (χ1v) is 8.93. The number of piperazine rings is 1. The van der Waals surface area contributed by atoms with Crippen molar-refractivity contribution in [1.29, 1.82) is 0 Å². The fourth-order valence-electron chi connectivity index (χ4n) is 2.84. The van der Waals surface area contributed by atoms with E-state index < -0.39 is 0 Å². The fraction of sp³-hybridized carbons (Fsp3) is 0.500. The number of nitrogens with one attached hydrogen (secondary N) is 1. The van der Waals surface area contributed by atoms with Crippen LogP contribution in [0.1, 0.15) is 19.5 Å². The molecule has 1 N–H and O–H groups in total. The summed E-state index contributed by atoms with van der Waals surface area (Å²) < 4.78 is 0. The minimum atomic E-state index is -0.226. The van der Waals surface area contributed by atoms with Crippen molar-refractivity contribution in [2.75, 3.05) is 29.9 Å². The number of nitrogens with zero attached hydrogens (tertiary/aromatic N) is 5. The van der Waals surface area contributed by atoms with Crippen LogP contribution >= 0.6 is 11.3 Å². The Kier molecular flexibility index (Phi) is 5.06.